The van der Waals surface area contributed by atoms with Crippen molar-refractivity contribution in [2.45, 2.75) is 32.1 Å². The Morgan fingerprint density at radius 2 is 1.57 bits per heavy atom. The topological polar surface area (TPSA) is 76.1 Å². The molecular formula is C23H28BrNO5. The molecule has 2 aromatic carbocycles. The molecule has 2 rings (SSSR count). The van der Waals surface area contributed by atoms with Crippen LogP contribution in [0.25, 0.3) is 0 Å². The van der Waals surface area contributed by atoms with Crippen molar-refractivity contribution in [1.82, 2.24) is 4.90 Å². The average molecular weight is 478 g/mol. The highest BCUT2D eigenvalue weighted by Crippen LogP contribution is 2.36. The fourth-order valence-corrected chi connectivity index (χ4v) is 3.74. The maximum absolute atomic E-state index is 13.2. The number of aryl methyl sites for hydroxylation is 1. The van der Waals surface area contributed by atoms with Gasteiger partial charge in [0.25, 0.3) is 5.91 Å². The predicted octanol–water partition coefficient (Wildman–Crippen LogP) is 4.80. The highest BCUT2D eigenvalue weighted by Gasteiger charge is 2.20. The Labute approximate surface area is 185 Å². The monoisotopic (exact) mass is 477 g/mol. The number of rotatable bonds is 12. The van der Waals surface area contributed by atoms with Crippen molar-refractivity contribution in [3.05, 3.63) is 58.1 Å². The number of aliphatic carboxylic acids is 1. The lowest BCUT2D eigenvalue weighted by molar-refractivity contribution is -0.137. The van der Waals surface area contributed by atoms with Crippen molar-refractivity contribution >= 4 is 27.8 Å². The van der Waals surface area contributed by atoms with Crippen LogP contribution in [-0.2, 0) is 11.2 Å². The minimum atomic E-state index is -0.820. The van der Waals surface area contributed by atoms with Crippen molar-refractivity contribution in [1.29, 1.82) is 0 Å². The summed E-state index contributed by atoms with van der Waals surface area (Å²) >= 11 is 3.42. The zero-order chi connectivity index (χ0) is 21.9. The molecule has 0 aliphatic carbocycles. The van der Waals surface area contributed by atoms with E-state index in [0.717, 1.165) is 12.8 Å². The molecule has 1 amide bonds. The van der Waals surface area contributed by atoms with Gasteiger partial charge in [0, 0.05) is 25.1 Å². The Kier molecular flexibility index (Phi) is 9.67. The third-order valence-corrected chi connectivity index (χ3v) is 5.57. The first kappa shape index (κ1) is 23.7. The quantitative estimate of drug-likeness (QED) is 0.444. The van der Waals surface area contributed by atoms with Gasteiger partial charge in [0.2, 0.25) is 0 Å². The third-order valence-electron chi connectivity index (χ3n) is 4.78. The molecule has 0 saturated carbocycles. The summed E-state index contributed by atoms with van der Waals surface area (Å²) in [5.41, 5.74) is 1.70. The van der Waals surface area contributed by atoms with E-state index in [0.29, 0.717) is 47.5 Å². The molecule has 1 N–H and O–H groups in total. The number of benzene rings is 2. The molecule has 0 bridgehead atoms. The molecular weight excluding hydrogens is 450 g/mol. The number of unbranched alkanes of at least 4 members (excludes halogenated alkanes) is 1. The molecule has 30 heavy (non-hydrogen) atoms. The van der Waals surface area contributed by atoms with Crippen molar-refractivity contribution in [3.8, 4) is 11.5 Å². The van der Waals surface area contributed by atoms with Crippen molar-refractivity contribution in [3.63, 3.8) is 0 Å². The first-order valence-electron chi connectivity index (χ1n) is 9.92. The summed E-state index contributed by atoms with van der Waals surface area (Å²) in [5, 5.41) is 8.86. The second-order valence-corrected chi connectivity index (χ2v) is 7.72. The summed E-state index contributed by atoms with van der Waals surface area (Å²) in [7, 11) is 3.08. The van der Waals surface area contributed by atoms with E-state index in [9.17, 15) is 9.59 Å². The van der Waals surface area contributed by atoms with Crippen molar-refractivity contribution < 1.29 is 24.2 Å². The number of carboxylic acids is 1. The van der Waals surface area contributed by atoms with E-state index in [1.165, 1.54) is 19.8 Å². The molecule has 0 aromatic heterocycles. The highest BCUT2D eigenvalue weighted by molar-refractivity contribution is 9.10. The maximum Gasteiger partial charge on any atom is 0.303 e. The Morgan fingerprint density at radius 1 is 0.967 bits per heavy atom. The van der Waals surface area contributed by atoms with Crippen LogP contribution in [0.1, 0.15) is 41.6 Å². The summed E-state index contributed by atoms with van der Waals surface area (Å²) < 4.78 is 11.4. The third kappa shape index (κ3) is 7.06. The normalized spacial score (nSPS) is 10.5. The Bertz CT molecular complexity index is 816. The second-order valence-electron chi connectivity index (χ2n) is 6.93. The molecule has 0 saturated heterocycles. The fraction of sp³-hybridized carbons (Fsp3) is 0.391. The lowest BCUT2D eigenvalue weighted by Gasteiger charge is -2.23. The van der Waals surface area contributed by atoms with Crippen molar-refractivity contribution in [2.75, 3.05) is 27.3 Å². The smallest absolute Gasteiger partial charge is 0.303 e. The molecule has 0 aliphatic rings. The minimum Gasteiger partial charge on any atom is -0.495 e. The zero-order valence-electron chi connectivity index (χ0n) is 17.4. The van der Waals surface area contributed by atoms with E-state index in [2.05, 4.69) is 28.1 Å². The summed E-state index contributed by atoms with van der Waals surface area (Å²) in [4.78, 5) is 25.8. The Balaban J connectivity index is 2.12. The van der Waals surface area contributed by atoms with E-state index in [1.807, 2.05) is 18.2 Å². The molecule has 0 atom stereocenters. The number of hydrogen-bond acceptors (Lipinski definition) is 4. The molecule has 0 unspecified atom stereocenters. The SMILES string of the molecule is COc1cc(C(=O)N(CCCCC(=O)O)CCCc2ccccc2)cc(OC)c1Br. The molecule has 0 heterocycles. The van der Waals surface area contributed by atoms with Gasteiger partial charge in [-0.2, -0.15) is 0 Å². The van der Waals surface area contributed by atoms with Gasteiger partial charge in [0.15, 0.2) is 0 Å². The van der Waals surface area contributed by atoms with E-state index >= 15 is 0 Å². The number of halogens is 1. The average Bonchev–Trinajstić information content (AvgIpc) is 2.75. The van der Waals surface area contributed by atoms with Gasteiger partial charge in [-0.15, -0.1) is 0 Å². The first-order chi connectivity index (χ1) is 14.5. The molecule has 162 valence electrons. The summed E-state index contributed by atoms with van der Waals surface area (Å²) in [6.45, 7) is 1.09. The number of amides is 1. The van der Waals surface area contributed by atoms with E-state index in [4.69, 9.17) is 14.6 Å². The maximum atomic E-state index is 13.2. The molecule has 0 fully saturated rings. The van der Waals surface area contributed by atoms with E-state index in [-0.39, 0.29) is 12.3 Å². The van der Waals surface area contributed by atoms with Gasteiger partial charge in [0.1, 0.15) is 16.0 Å². The lowest BCUT2D eigenvalue weighted by Crippen LogP contribution is -2.33. The molecule has 0 aliphatic heterocycles. The van der Waals surface area contributed by atoms with Crippen LogP contribution in [0.5, 0.6) is 11.5 Å². The minimum absolute atomic E-state index is 0.103. The number of carbonyl (C=O) groups excluding carboxylic acids is 1. The summed E-state index contributed by atoms with van der Waals surface area (Å²) in [6.07, 6.45) is 2.96. The lowest BCUT2D eigenvalue weighted by atomic mass is 10.1. The van der Waals surface area contributed by atoms with Gasteiger partial charge < -0.3 is 19.5 Å². The van der Waals surface area contributed by atoms with Crippen LogP contribution >= 0.6 is 15.9 Å². The van der Waals surface area contributed by atoms with Crippen LogP contribution in [0.2, 0.25) is 0 Å². The van der Waals surface area contributed by atoms with Crippen LogP contribution in [0.4, 0.5) is 0 Å². The van der Waals surface area contributed by atoms with Crippen LogP contribution in [0, 0.1) is 0 Å². The molecule has 7 heteroatoms. The predicted molar refractivity (Wildman–Crippen MR) is 119 cm³/mol. The number of carboxylic acid groups (broad SMARTS) is 1. The molecule has 0 spiro atoms. The number of methoxy groups -OCH3 is 2. The standard InChI is InChI=1S/C23H28BrNO5/c1-29-19-15-18(16-20(30-2)22(19)24)23(28)25(13-7-6-12-21(26)27)14-8-11-17-9-4-3-5-10-17/h3-5,9-10,15-16H,6-8,11-14H2,1-2H3,(H,26,27). The number of hydrogen-bond donors (Lipinski definition) is 1. The van der Waals surface area contributed by atoms with Gasteiger partial charge in [-0.3, -0.25) is 9.59 Å². The molecule has 2 aromatic rings. The number of ether oxygens (including phenoxy) is 2. The van der Waals surface area contributed by atoms with Crippen molar-refractivity contribution in [2.24, 2.45) is 0 Å². The van der Waals surface area contributed by atoms with Gasteiger partial charge in [-0.25, -0.2) is 0 Å². The zero-order valence-corrected chi connectivity index (χ0v) is 19.0. The molecule has 0 radical (unpaired) electrons. The Hall–Kier alpha value is -2.54. The number of carbonyl (C=O) groups is 2. The van der Waals surface area contributed by atoms with Gasteiger partial charge in [-0.05, 0) is 59.3 Å². The van der Waals surface area contributed by atoms with Crippen LogP contribution in [0.15, 0.2) is 46.9 Å². The van der Waals surface area contributed by atoms with Crippen LogP contribution in [0.3, 0.4) is 0 Å². The van der Waals surface area contributed by atoms with Gasteiger partial charge >= 0.3 is 5.97 Å². The van der Waals surface area contributed by atoms with Crippen LogP contribution in [-0.4, -0.2) is 49.2 Å². The summed E-state index contributed by atoms with van der Waals surface area (Å²) in [5.74, 6) is 0.0995. The van der Waals surface area contributed by atoms with E-state index < -0.39 is 5.97 Å². The first-order valence-corrected chi connectivity index (χ1v) is 10.7. The van der Waals surface area contributed by atoms with Crippen LogP contribution < -0.4 is 9.47 Å². The summed E-state index contributed by atoms with van der Waals surface area (Å²) in [6, 6.07) is 13.5. The van der Waals surface area contributed by atoms with Gasteiger partial charge in [-0.1, -0.05) is 30.3 Å². The highest BCUT2D eigenvalue weighted by atomic mass is 79.9. The number of nitrogens with zero attached hydrogens (tertiary/aromatic N) is 1. The Morgan fingerprint density at radius 3 is 2.13 bits per heavy atom. The second kappa shape index (κ2) is 12.2. The molecule has 6 nitrogen and oxygen atoms in total. The van der Waals surface area contributed by atoms with Gasteiger partial charge in [0.05, 0.1) is 14.2 Å². The van der Waals surface area contributed by atoms with E-state index in [1.54, 1.807) is 17.0 Å². The largest absolute Gasteiger partial charge is 0.495 e. The fourth-order valence-electron chi connectivity index (χ4n) is 3.19.